The van der Waals surface area contributed by atoms with Gasteiger partial charge in [0.05, 0.1) is 17.9 Å². The van der Waals surface area contributed by atoms with Crippen LogP contribution >= 0.6 is 0 Å². The molecule has 3 aromatic rings. The average molecular weight is 425 g/mol. The molecule has 3 amide bonds. The maximum atomic E-state index is 13.4. The smallest absolute Gasteiger partial charge is 0.272 e. The summed E-state index contributed by atoms with van der Waals surface area (Å²) in [6.45, 7) is 0.143. The van der Waals surface area contributed by atoms with Gasteiger partial charge in [-0.15, -0.1) is 0 Å². The molecule has 3 heterocycles. The zero-order valence-electron chi connectivity index (χ0n) is 16.7. The molecule has 11 heteroatoms. The van der Waals surface area contributed by atoms with Gasteiger partial charge in [0.1, 0.15) is 12.6 Å². The number of carbonyl (C=O) groups excluding carboxylic acids is 3. The Balaban J connectivity index is 1.67. The Kier molecular flexibility index (Phi) is 5.32. The average Bonchev–Trinajstić information content (AvgIpc) is 3.39. The number of hydrogen-bond acceptors (Lipinski definition) is 6. The minimum atomic E-state index is -0.842. The zero-order chi connectivity index (χ0) is 22.1. The Morgan fingerprint density at radius 1 is 1.23 bits per heavy atom. The molecule has 160 valence electrons. The lowest BCUT2D eigenvalue weighted by Crippen LogP contribution is -2.45. The summed E-state index contributed by atoms with van der Waals surface area (Å²) >= 11 is 0. The first-order chi connectivity index (χ1) is 14.9. The number of likely N-dealkylation sites (N-methyl/N-ethyl adjacent to an activating group) is 1. The van der Waals surface area contributed by atoms with Crippen molar-refractivity contribution in [3.05, 3.63) is 42.4 Å². The van der Waals surface area contributed by atoms with Crippen LogP contribution in [0.15, 0.2) is 36.7 Å². The quantitative estimate of drug-likeness (QED) is 0.606. The van der Waals surface area contributed by atoms with Gasteiger partial charge in [-0.25, -0.2) is 0 Å². The number of rotatable bonds is 5. The van der Waals surface area contributed by atoms with E-state index in [1.807, 2.05) is 6.07 Å². The highest BCUT2D eigenvalue weighted by Crippen LogP contribution is 2.27. The summed E-state index contributed by atoms with van der Waals surface area (Å²) in [7, 11) is 1.01. The van der Waals surface area contributed by atoms with Gasteiger partial charge < -0.3 is 10.6 Å². The Labute approximate surface area is 176 Å². The minimum absolute atomic E-state index is 0.000254. The molecule has 1 saturated heterocycles. The molecule has 10 nitrogen and oxygen atoms in total. The van der Waals surface area contributed by atoms with E-state index in [4.69, 9.17) is 5.73 Å². The number of carbonyl (C=O) groups is 3. The summed E-state index contributed by atoms with van der Waals surface area (Å²) in [5.74, 6) is -1.88. The van der Waals surface area contributed by atoms with Crippen LogP contribution in [0.4, 0.5) is 4.48 Å². The van der Waals surface area contributed by atoms with Crippen molar-refractivity contribution in [2.24, 2.45) is 5.73 Å². The van der Waals surface area contributed by atoms with Gasteiger partial charge in [-0.2, -0.15) is 20.4 Å². The van der Waals surface area contributed by atoms with Crippen LogP contribution in [0.5, 0.6) is 0 Å². The van der Waals surface area contributed by atoms with E-state index >= 15 is 0 Å². The van der Waals surface area contributed by atoms with Crippen molar-refractivity contribution in [2.75, 3.05) is 13.6 Å². The maximum Gasteiger partial charge on any atom is 0.272 e. The number of amides is 3. The molecule has 2 aromatic heterocycles. The van der Waals surface area contributed by atoms with Crippen molar-refractivity contribution in [3.8, 4) is 11.1 Å². The molecule has 1 aromatic carbocycles. The van der Waals surface area contributed by atoms with Crippen LogP contribution in [0.3, 0.4) is 0 Å². The third kappa shape index (κ3) is 3.81. The molecule has 1 atom stereocenters. The molecule has 31 heavy (non-hydrogen) atoms. The summed E-state index contributed by atoms with van der Waals surface area (Å²) in [6, 6.07) is 6.23. The van der Waals surface area contributed by atoms with E-state index < -0.39 is 17.9 Å². The predicted molar refractivity (Wildman–Crippen MR) is 108 cm³/mol. The second-order valence-corrected chi connectivity index (χ2v) is 7.29. The number of fused-ring (bicyclic) bond motifs is 1. The van der Waals surface area contributed by atoms with E-state index in [9.17, 15) is 18.9 Å². The van der Waals surface area contributed by atoms with Crippen LogP contribution in [0.25, 0.3) is 22.0 Å². The number of likely N-dealkylation sites (tertiary alicyclic amines) is 1. The Hall–Kier alpha value is -3.89. The summed E-state index contributed by atoms with van der Waals surface area (Å²) < 4.78 is 14.7. The maximum absolute atomic E-state index is 13.4. The number of nitrogens with zero attached hydrogens (tertiary/aromatic N) is 6. The van der Waals surface area contributed by atoms with Gasteiger partial charge >= 0.3 is 0 Å². The number of primary amides is 1. The first-order valence-corrected chi connectivity index (χ1v) is 9.67. The van der Waals surface area contributed by atoms with E-state index in [0.29, 0.717) is 30.3 Å². The van der Waals surface area contributed by atoms with E-state index in [1.165, 1.54) is 9.58 Å². The number of halogens is 1. The molecule has 0 radical (unpaired) electrons. The number of benzene rings is 1. The van der Waals surface area contributed by atoms with Gasteiger partial charge in [-0.1, -0.05) is 10.5 Å². The number of aromatic nitrogens is 4. The molecule has 1 unspecified atom stereocenters. The van der Waals surface area contributed by atoms with Gasteiger partial charge in [0, 0.05) is 24.5 Å². The van der Waals surface area contributed by atoms with Gasteiger partial charge in [-0.3, -0.25) is 19.1 Å². The van der Waals surface area contributed by atoms with Crippen LogP contribution in [0.1, 0.15) is 23.3 Å². The molecule has 0 bridgehead atoms. The summed E-state index contributed by atoms with van der Waals surface area (Å²) in [5, 5.41) is 12.3. The zero-order valence-corrected chi connectivity index (χ0v) is 16.7. The summed E-state index contributed by atoms with van der Waals surface area (Å²) in [6.07, 6.45) is 4.14. The van der Waals surface area contributed by atoms with Crippen molar-refractivity contribution in [3.63, 3.8) is 0 Å². The number of nitrogens with two attached hydrogens (primary N) is 1. The van der Waals surface area contributed by atoms with Crippen LogP contribution < -0.4 is 5.73 Å². The van der Waals surface area contributed by atoms with Crippen LogP contribution in [0.2, 0.25) is 0 Å². The molecule has 2 N–H and O–H groups in total. The largest absolute Gasteiger partial charge is 0.364 e. The fourth-order valence-corrected chi connectivity index (χ4v) is 3.87. The third-order valence-corrected chi connectivity index (χ3v) is 5.35. The van der Waals surface area contributed by atoms with Gasteiger partial charge in [0.2, 0.25) is 5.91 Å². The first kappa shape index (κ1) is 20.4. The van der Waals surface area contributed by atoms with Crippen molar-refractivity contribution < 1.29 is 18.9 Å². The highest BCUT2D eigenvalue weighted by molar-refractivity contribution is 6.05. The van der Waals surface area contributed by atoms with E-state index in [2.05, 4.69) is 15.3 Å². The van der Waals surface area contributed by atoms with Crippen molar-refractivity contribution in [1.29, 1.82) is 0 Å². The molecule has 0 spiro atoms. The molecule has 0 saturated carbocycles. The normalized spacial score (nSPS) is 15.9. The second kappa shape index (κ2) is 8.09. The Bertz CT molecular complexity index is 1160. The molecule has 1 aliphatic heterocycles. The Morgan fingerprint density at radius 3 is 2.71 bits per heavy atom. The first-order valence-electron chi connectivity index (χ1n) is 9.67. The van der Waals surface area contributed by atoms with Crippen molar-refractivity contribution in [2.45, 2.75) is 25.4 Å². The second-order valence-electron chi connectivity index (χ2n) is 7.29. The van der Waals surface area contributed by atoms with Crippen LogP contribution in [-0.2, 0) is 16.1 Å². The van der Waals surface area contributed by atoms with E-state index in [1.54, 1.807) is 30.6 Å². The lowest BCUT2D eigenvalue weighted by Gasteiger charge is -2.24. The molecule has 4 rings (SSSR count). The highest BCUT2D eigenvalue weighted by atomic mass is 19.2. The summed E-state index contributed by atoms with van der Waals surface area (Å²) in [5.41, 5.74) is 7.66. The van der Waals surface area contributed by atoms with Gasteiger partial charge in [0.25, 0.3) is 11.8 Å². The van der Waals surface area contributed by atoms with Gasteiger partial charge in [-0.05, 0) is 36.6 Å². The van der Waals surface area contributed by atoms with Crippen molar-refractivity contribution in [1.82, 2.24) is 30.0 Å². The number of hydrogen-bond donors (Lipinski definition) is 1. The molecular weight excluding hydrogens is 405 g/mol. The lowest BCUT2D eigenvalue weighted by atomic mass is 10.0. The monoisotopic (exact) mass is 425 g/mol. The minimum Gasteiger partial charge on any atom is -0.364 e. The predicted octanol–water partition coefficient (Wildman–Crippen LogP) is 0.926. The standard InChI is InChI=1S/C20H20FN7O3/c1-26(21)20(31)16-3-2-8-27(16)17(29)11-28-15-5-4-12(13-6-7-23-24-10-13)9-14(15)18(25-28)19(22)30/h4-7,9-10,16H,2-3,8,11H2,1H3,(H2,22,30). The van der Waals surface area contributed by atoms with Crippen LogP contribution in [0, 0.1) is 0 Å². The van der Waals surface area contributed by atoms with E-state index in [0.717, 1.165) is 18.2 Å². The fraction of sp³-hybridized carbons (Fsp3) is 0.300. The molecule has 0 aliphatic carbocycles. The van der Waals surface area contributed by atoms with E-state index in [-0.39, 0.29) is 23.3 Å². The molecular formula is C20H20FN7O3. The SMILES string of the molecule is CN(F)C(=O)C1CCCN1C(=O)Cn1nc(C(N)=O)c2cc(-c3ccnnc3)ccc21. The van der Waals surface area contributed by atoms with Gasteiger partial charge in [0.15, 0.2) is 5.69 Å². The van der Waals surface area contributed by atoms with Crippen molar-refractivity contribution >= 4 is 28.6 Å². The lowest BCUT2D eigenvalue weighted by molar-refractivity contribution is -0.152. The fourth-order valence-electron chi connectivity index (χ4n) is 3.87. The topological polar surface area (TPSA) is 127 Å². The molecule has 1 aliphatic rings. The third-order valence-electron chi connectivity index (χ3n) is 5.35. The van der Waals surface area contributed by atoms with Crippen LogP contribution in [-0.4, -0.2) is 67.4 Å². The molecule has 1 fully saturated rings. The summed E-state index contributed by atoms with van der Waals surface area (Å²) in [4.78, 5) is 38.3. The Morgan fingerprint density at radius 2 is 2.03 bits per heavy atom. The highest BCUT2D eigenvalue weighted by Gasteiger charge is 2.36.